The van der Waals surface area contributed by atoms with Crippen LogP contribution in [0.5, 0.6) is 0 Å². The molecule has 0 saturated carbocycles. The van der Waals surface area contributed by atoms with Crippen LogP contribution >= 0.6 is 0 Å². The maximum atomic E-state index is 12.3. The summed E-state index contributed by atoms with van der Waals surface area (Å²) in [6.07, 6.45) is 0. The first-order chi connectivity index (χ1) is 8.18. The summed E-state index contributed by atoms with van der Waals surface area (Å²) in [5, 5.41) is -0.0141. The van der Waals surface area contributed by atoms with E-state index in [4.69, 9.17) is 5.73 Å². The van der Waals surface area contributed by atoms with Crippen LogP contribution in [0, 0.1) is 0 Å². The number of benzene rings is 2. The Labute approximate surface area is 104 Å². The summed E-state index contributed by atoms with van der Waals surface area (Å²) in [4.78, 5) is 0.815. The van der Waals surface area contributed by atoms with Gasteiger partial charge in [0.15, 0.2) is 0 Å². The summed E-state index contributed by atoms with van der Waals surface area (Å²) in [5.41, 5.74) is 7.39. The van der Waals surface area contributed by atoms with Gasteiger partial charge in [-0.15, -0.1) is 0 Å². The highest BCUT2D eigenvalue weighted by molar-refractivity contribution is 7.85. The van der Waals surface area contributed by atoms with Crippen LogP contribution in [0.3, 0.4) is 0 Å². The van der Waals surface area contributed by atoms with Crippen molar-refractivity contribution in [3.8, 4) is 0 Å². The molecule has 0 aliphatic carbocycles. The van der Waals surface area contributed by atoms with Crippen molar-refractivity contribution in [3.05, 3.63) is 60.2 Å². The van der Waals surface area contributed by atoms with E-state index in [0.29, 0.717) is 5.69 Å². The maximum Gasteiger partial charge on any atom is 0.0615 e. The molecule has 2 atom stereocenters. The minimum Gasteiger partial charge on any atom is -0.399 e. The molecule has 0 aliphatic rings. The lowest BCUT2D eigenvalue weighted by Gasteiger charge is -2.11. The summed E-state index contributed by atoms with van der Waals surface area (Å²) in [7, 11) is -1.04. The van der Waals surface area contributed by atoms with Crippen LogP contribution in [-0.2, 0) is 10.8 Å². The van der Waals surface area contributed by atoms with E-state index in [0.717, 1.165) is 10.5 Å². The van der Waals surface area contributed by atoms with Crippen molar-refractivity contribution < 1.29 is 4.21 Å². The Kier molecular flexibility index (Phi) is 3.59. The molecule has 2 rings (SSSR count). The van der Waals surface area contributed by atoms with Gasteiger partial charge in [-0.05, 0) is 36.8 Å². The monoisotopic (exact) mass is 245 g/mol. The minimum absolute atomic E-state index is 0.0141. The van der Waals surface area contributed by atoms with Gasteiger partial charge in [0.1, 0.15) is 0 Å². The third-order valence-corrected chi connectivity index (χ3v) is 4.35. The van der Waals surface area contributed by atoms with E-state index in [2.05, 4.69) is 0 Å². The fraction of sp³-hybridized carbons (Fsp3) is 0.143. The van der Waals surface area contributed by atoms with E-state index in [9.17, 15) is 4.21 Å². The van der Waals surface area contributed by atoms with Crippen LogP contribution in [0.4, 0.5) is 5.69 Å². The molecule has 0 aromatic heterocycles. The van der Waals surface area contributed by atoms with E-state index < -0.39 is 10.8 Å². The summed E-state index contributed by atoms with van der Waals surface area (Å²) in [6.45, 7) is 1.97. The van der Waals surface area contributed by atoms with E-state index >= 15 is 0 Å². The van der Waals surface area contributed by atoms with E-state index in [1.54, 1.807) is 12.1 Å². The van der Waals surface area contributed by atoms with Crippen LogP contribution in [0.1, 0.15) is 17.7 Å². The van der Waals surface area contributed by atoms with Crippen molar-refractivity contribution in [2.75, 3.05) is 5.73 Å². The summed E-state index contributed by atoms with van der Waals surface area (Å²) in [5.74, 6) is 0. The van der Waals surface area contributed by atoms with Gasteiger partial charge in [-0.3, -0.25) is 4.21 Å². The molecule has 0 spiro atoms. The molecular weight excluding hydrogens is 230 g/mol. The normalized spacial score (nSPS) is 14.2. The van der Waals surface area contributed by atoms with Gasteiger partial charge < -0.3 is 5.73 Å². The van der Waals surface area contributed by atoms with Gasteiger partial charge in [0, 0.05) is 10.6 Å². The lowest BCUT2D eigenvalue weighted by Crippen LogP contribution is -2.03. The van der Waals surface area contributed by atoms with Crippen LogP contribution in [0.25, 0.3) is 0 Å². The van der Waals surface area contributed by atoms with Crippen molar-refractivity contribution in [1.82, 2.24) is 0 Å². The quantitative estimate of drug-likeness (QED) is 0.844. The Morgan fingerprint density at radius 3 is 2.18 bits per heavy atom. The van der Waals surface area contributed by atoms with Gasteiger partial charge in [0.2, 0.25) is 0 Å². The number of nitrogen functional groups attached to an aromatic ring is 1. The predicted molar refractivity (Wildman–Crippen MR) is 72.1 cm³/mol. The zero-order chi connectivity index (χ0) is 12.3. The third-order valence-electron chi connectivity index (χ3n) is 2.70. The number of anilines is 1. The fourth-order valence-corrected chi connectivity index (χ4v) is 2.87. The van der Waals surface area contributed by atoms with Gasteiger partial charge in [0.25, 0.3) is 0 Å². The van der Waals surface area contributed by atoms with Crippen LogP contribution in [0.15, 0.2) is 59.5 Å². The number of rotatable bonds is 3. The number of nitrogens with two attached hydrogens (primary N) is 1. The Bertz CT molecular complexity index is 508. The molecule has 0 fully saturated rings. The van der Waals surface area contributed by atoms with Gasteiger partial charge in [-0.2, -0.15) is 0 Å². The molecular formula is C14H15NOS. The minimum atomic E-state index is -1.04. The van der Waals surface area contributed by atoms with E-state index in [-0.39, 0.29) is 5.25 Å². The number of hydrogen-bond acceptors (Lipinski definition) is 2. The molecule has 3 heteroatoms. The molecule has 2 aromatic rings. The van der Waals surface area contributed by atoms with Gasteiger partial charge >= 0.3 is 0 Å². The van der Waals surface area contributed by atoms with Gasteiger partial charge in [-0.1, -0.05) is 30.3 Å². The Morgan fingerprint density at radius 2 is 1.59 bits per heavy atom. The first-order valence-corrected chi connectivity index (χ1v) is 6.71. The van der Waals surface area contributed by atoms with Crippen LogP contribution < -0.4 is 5.73 Å². The molecule has 2 N–H and O–H groups in total. The van der Waals surface area contributed by atoms with Crippen molar-refractivity contribution >= 4 is 16.5 Å². The fourth-order valence-electron chi connectivity index (χ4n) is 1.65. The van der Waals surface area contributed by atoms with Crippen LogP contribution in [-0.4, -0.2) is 4.21 Å². The summed E-state index contributed by atoms with van der Waals surface area (Å²) < 4.78 is 12.3. The van der Waals surface area contributed by atoms with Gasteiger partial charge in [0.05, 0.1) is 16.0 Å². The molecule has 0 saturated heterocycles. The zero-order valence-corrected chi connectivity index (χ0v) is 10.5. The molecule has 2 unspecified atom stereocenters. The lowest BCUT2D eigenvalue weighted by molar-refractivity contribution is 0.676. The topological polar surface area (TPSA) is 43.1 Å². The van der Waals surface area contributed by atoms with E-state index in [1.807, 2.05) is 49.4 Å². The second kappa shape index (κ2) is 5.15. The smallest absolute Gasteiger partial charge is 0.0615 e. The molecule has 2 aromatic carbocycles. The molecule has 0 radical (unpaired) electrons. The molecule has 17 heavy (non-hydrogen) atoms. The maximum absolute atomic E-state index is 12.3. The van der Waals surface area contributed by atoms with Crippen molar-refractivity contribution in [2.45, 2.75) is 17.1 Å². The number of hydrogen-bond donors (Lipinski definition) is 1. The molecule has 0 aliphatic heterocycles. The van der Waals surface area contributed by atoms with Crippen LogP contribution in [0.2, 0.25) is 0 Å². The molecule has 2 nitrogen and oxygen atoms in total. The zero-order valence-electron chi connectivity index (χ0n) is 9.67. The van der Waals surface area contributed by atoms with E-state index in [1.165, 1.54) is 0 Å². The lowest BCUT2D eigenvalue weighted by atomic mass is 10.2. The Balaban J connectivity index is 2.23. The highest BCUT2D eigenvalue weighted by atomic mass is 32.2. The third kappa shape index (κ3) is 2.74. The average Bonchev–Trinajstić information content (AvgIpc) is 2.39. The molecule has 0 heterocycles. The Morgan fingerprint density at radius 1 is 1.00 bits per heavy atom. The average molecular weight is 245 g/mol. The van der Waals surface area contributed by atoms with Crippen molar-refractivity contribution in [2.24, 2.45) is 0 Å². The molecule has 0 amide bonds. The van der Waals surface area contributed by atoms with Crippen molar-refractivity contribution in [1.29, 1.82) is 0 Å². The highest BCUT2D eigenvalue weighted by Crippen LogP contribution is 2.24. The first kappa shape index (κ1) is 11.9. The summed E-state index contributed by atoms with van der Waals surface area (Å²) >= 11 is 0. The second-order valence-electron chi connectivity index (χ2n) is 3.92. The molecule has 0 bridgehead atoms. The SMILES string of the molecule is CC(c1ccccc1)S(=O)c1ccc(N)cc1. The second-order valence-corrected chi connectivity index (χ2v) is 5.69. The Hall–Kier alpha value is -1.61. The van der Waals surface area contributed by atoms with Crippen molar-refractivity contribution in [3.63, 3.8) is 0 Å². The first-order valence-electron chi connectivity index (χ1n) is 5.49. The largest absolute Gasteiger partial charge is 0.399 e. The standard InChI is InChI=1S/C14H15NOS/c1-11(12-5-3-2-4-6-12)17(16)14-9-7-13(15)8-10-14/h2-11H,15H2,1H3. The predicted octanol–water partition coefficient (Wildman–Crippen LogP) is 3.14. The highest BCUT2D eigenvalue weighted by Gasteiger charge is 2.14. The summed E-state index contributed by atoms with van der Waals surface area (Å²) in [6, 6.07) is 17.1. The van der Waals surface area contributed by atoms with Gasteiger partial charge in [-0.25, -0.2) is 0 Å². The molecule has 88 valence electrons.